The highest BCUT2D eigenvalue weighted by Gasteiger charge is 2.30. The number of imidazole rings is 1. The van der Waals surface area contributed by atoms with Gasteiger partial charge in [0.25, 0.3) is 5.24 Å². The molecule has 1 aromatic carbocycles. The number of aromatic nitrogens is 2. The van der Waals surface area contributed by atoms with E-state index in [9.17, 15) is 9.59 Å². The first-order chi connectivity index (χ1) is 11.7. The summed E-state index contributed by atoms with van der Waals surface area (Å²) in [6.45, 7) is 2.33. The van der Waals surface area contributed by atoms with Gasteiger partial charge in [-0.25, -0.2) is 4.98 Å². The zero-order valence-electron chi connectivity index (χ0n) is 13.4. The van der Waals surface area contributed by atoms with E-state index in [2.05, 4.69) is 9.97 Å². The highest BCUT2D eigenvalue weighted by Crippen LogP contribution is 2.27. The fourth-order valence-electron chi connectivity index (χ4n) is 3.43. The molecule has 2 fully saturated rings. The van der Waals surface area contributed by atoms with Gasteiger partial charge in [0.15, 0.2) is 0 Å². The van der Waals surface area contributed by atoms with Gasteiger partial charge in [-0.1, -0.05) is 23.9 Å². The van der Waals surface area contributed by atoms with Crippen LogP contribution in [-0.2, 0) is 4.79 Å². The fourth-order valence-corrected chi connectivity index (χ4v) is 4.25. The molecule has 0 aliphatic carbocycles. The van der Waals surface area contributed by atoms with Crippen molar-refractivity contribution in [3.8, 4) is 0 Å². The van der Waals surface area contributed by atoms with Crippen molar-refractivity contribution in [1.29, 1.82) is 0 Å². The molecule has 0 radical (unpaired) electrons. The second kappa shape index (κ2) is 6.47. The second-order valence-corrected chi connectivity index (χ2v) is 7.40. The molecule has 4 rings (SSSR count). The Morgan fingerprint density at radius 1 is 1.33 bits per heavy atom. The van der Waals surface area contributed by atoms with Crippen molar-refractivity contribution in [2.75, 3.05) is 31.9 Å². The van der Waals surface area contributed by atoms with Gasteiger partial charge in [0.05, 0.1) is 11.0 Å². The zero-order valence-corrected chi connectivity index (χ0v) is 14.2. The van der Waals surface area contributed by atoms with E-state index in [1.807, 2.05) is 29.2 Å². The van der Waals surface area contributed by atoms with Crippen LogP contribution in [0.5, 0.6) is 0 Å². The monoisotopic (exact) mass is 344 g/mol. The van der Waals surface area contributed by atoms with E-state index in [1.165, 1.54) is 11.8 Å². The number of rotatable bonds is 3. The SMILES string of the molecule is O=C(CN1CCSC1=O)N1CCC[C@H](c2nc3ccccc3[nH]2)C1. The number of piperidine rings is 1. The Morgan fingerprint density at radius 3 is 3.00 bits per heavy atom. The fraction of sp³-hybridized carbons (Fsp3) is 0.471. The number of benzene rings is 1. The van der Waals surface area contributed by atoms with Crippen LogP contribution in [0.1, 0.15) is 24.6 Å². The molecule has 2 aliphatic heterocycles. The highest BCUT2D eigenvalue weighted by molar-refractivity contribution is 8.13. The number of hydrogen-bond donors (Lipinski definition) is 1. The molecule has 2 saturated heterocycles. The van der Waals surface area contributed by atoms with Gasteiger partial charge >= 0.3 is 0 Å². The number of H-pyrrole nitrogens is 1. The summed E-state index contributed by atoms with van der Waals surface area (Å²) >= 11 is 1.30. The zero-order chi connectivity index (χ0) is 16.5. The second-order valence-electron chi connectivity index (χ2n) is 6.35. The number of carbonyl (C=O) groups is 2. The Kier molecular flexibility index (Phi) is 4.18. The molecule has 1 aromatic heterocycles. The van der Waals surface area contributed by atoms with E-state index in [4.69, 9.17) is 0 Å². The number of para-hydroxylation sites is 2. The van der Waals surface area contributed by atoms with Crippen molar-refractivity contribution < 1.29 is 9.59 Å². The number of nitrogens with one attached hydrogen (secondary N) is 1. The summed E-state index contributed by atoms with van der Waals surface area (Å²) in [4.78, 5) is 35.8. The summed E-state index contributed by atoms with van der Waals surface area (Å²) in [6.07, 6.45) is 2.00. The molecule has 0 spiro atoms. The third-order valence-electron chi connectivity index (χ3n) is 4.74. The topological polar surface area (TPSA) is 69.3 Å². The minimum Gasteiger partial charge on any atom is -0.342 e. The highest BCUT2D eigenvalue weighted by atomic mass is 32.2. The number of likely N-dealkylation sites (tertiary alicyclic amines) is 1. The summed E-state index contributed by atoms with van der Waals surface area (Å²) in [5.41, 5.74) is 2.01. The summed E-state index contributed by atoms with van der Waals surface area (Å²) in [5, 5.41) is 0.0224. The summed E-state index contributed by atoms with van der Waals surface area (Å²) in [7, 11) is 0. The lowest BCUT2D eigenvalue weighted by atomic mass is 9.97. The molecule has 1 N–H and O–H groups in total. The van der Waals surface area contributed by atoms with E-state index in [1.54, 1.807) is 4.90 Å². The van der Waals surface area contributed by atoms with Gasteiger partial charge in [0.1, 0.15) is 12.4 Å². The summed E-state index contributed by atoms with van der Waals surface area (Å²) < 4.78 is 0. The van der Waals surface area contributed by atoms with Crippen LogP contribution in [0.4, 0.5) is 4.79 Å². The van der Waals surface area contributed by atoms with Crippen molar-refractivity contribution in [2.24, 2.45) is 0 Å². The first-order valence-corrected chi connectivity index (χ1v) is 9.33. The first kappa shape index (κ1) is 15.5. The van der Waals surface area contributed by atoms with Crippen molar-refractivity contribution in [3.05, 3.63) is 30.1 Å². The standard InChI is InChI=1S/C17H20N4O2S/c22-15(11-21-8-9-24-17(21)23)20-7-3-4-12(10-20)16-18-13-5-1-2-6-14(13)19-16/h1-2,5-6,12H,3-4,7-11H2,(H,18,19)/t12-/m0/s1. The Labute approximate surface area is 144 Å². The summed E-state index contributed by atoms with van der Waals surface area (Å²) in [6, 6.07) is 7.99. The normalized spacial score (nSPS) is 21.7. The maximum absolute atomic E-state index is 12.5. The van der Waals surface area contributed by atoms with Crippen LogP contribution in [0.15, 0.2) is 24.3 Å². The van der Waals surface area contributed by atoms with Crippen LogP contribution in [0, 0.1) is 0 Å². The number of aromatic amines is 1. The average molecular weight is 344 g/mol. The minimum absolute atomic E-state index is 0.0224. The van der Waals surface area contributed by atoms with Gasteiger partial charge in [-0.3, -0.25) is 9.59 Å². The third kappa shape index (κ3) is 3.00. The predicted octanol–water partition coefficient (Wildman–Crippen LogP) is 2.44. The average Bonchev–Trinajstić information content (AvgIpc) is 3.21. The number of nitrogens with zero attached hydrogens (tertiary/aromatic N) is 3. The van der Waals surface area contributed by atoms with Crippen LogP contribution in [0.2, 0.25) is 0 Å². The van der Waals surface area contributed by atoms with Crippen LogP contribution in [-0.4, -0.2) is 62.8 Å². The van der Waals surface area contributed by atoms with Crippen LogP contribution in [0.3, 0.4) is 0 Å². The summed E-state index contributed by atoms with van der Waals surface area (Å²) in [5.74, 6) is 2.03. The molecule has 2 aromatic rings. The molecular weight excluding hydrogens is 324 g/mol. The van der Waals surface area contributed by atoms with E-state index in [0.29, 0.717) is 13.1 Å². The quantitative estimate of drug-likeness (QED) is 0.928. The van der Waals surface area contributed by atoms with Crippen molar-refractivity contribution in [3.63, 3.8) is 0 Å². The van der Waals surface area contributed by atoms with Crippen LogP contribution >= 0.6 is 11.8 Å². The molecule has 6 nitrogen and oxygen atoms in total. The molecule has 24 heavy (non-hydrogen) atoms. The number of amides is 2. The molecule has 0 saturated carbocycles. The van der Waals surface area contributed by atoms with Gasteiger partial charge < -0.3 is 14.8 Å². The minimum atomic E-state index is 0.0224. The van der Waals surface area contributed by atoms with E-state index in [-0.39, 0.29) is 23.6 Å². The predicted molar refractivity (Wildman–Crippen MR) is 94.1 cm³/mol. The molecule has 126 valence electrons. The van der Waals surface area contributed by atoms with Crippen LogP contribution in [0.25, 0.3) is 11.0 Å². The Morgan fingerprint density at radius 2 is 2.21 bits per heavy atom. The molecule has 2 amide bonds. The first-order valence-electron chi connectivity index (χ1n) is 8.35. The third-order valence-corrected chi connectivity index (χ3v) is 5.63. The Balaban J connectivity index is 1.45. The number of thioether (sulfide) groups is 1. The molecular formula is C17H20N4O2S. The molecule has 3 heterocycles. The van der Waals surface area contributed by atoms with Gasteiger partial charge in [0.2, 0.25) is 5.91 Å². The molecule has 0 unspecified atom stereocenters. The number of carbonyl (C=O) groups excluding carboxylic acids is 2. The van der Waals surface area contributed by atoms with Crippen molar-refractivity contribution in [2.45, 2.75) is 18.8 Å². The van der Waals surface area contributed by atoms with Gasteiger partial charge in [-0.05, 0) is 25.0 Å². The Hall–Kier alpha value is -2.02. The number of fused-ring (bicyclic) bond motifs is 1. The largest absolute Gasteiger partial charge is 0.342 e. The molecule has 1 atom stereocenters. The maximum atomic E-state index is 12.5. The number of hydrogen-bond acceptors (Lipinski definition) is 4. The van der Waals surface area contributed by atoms with Gasteiger partial charge in [-0.2, -0.15) is 0 Å². The Bertz CT molecular complexity index is 742. The molecule has 2 aliphatic rings. The lowest BCUT2D eigenvalue weighted by Crippen LogP contribution is -2.44. The van der Waals surface area contributed by atoms with Crippen molar-refractivity contribution in [1.82, 2.24) is 19.8 Å². The smallest absolute Gasteiger partial charge is 0.282 e. The van der Waals surface area contributed by atoms with Gasteiger partial charge in [-0.15, -0.1) is 0 Å². The maximum Gasteiger partial charge on any atom is 0.282 e. The molecule has 7 heteroatoms. The molecule has 0 bridgehead atoms. The van der Waals surface area contributed by atoms with E-state index in [0.717, 1.165) is 42.0 Å². The van der Waals surface area contributed by atoms with E-state index < -0.39 is 0 Å². The van der Waals surface area contributed by atoms with E-state index >= 15 is 0 Å². The van der Waals surface area contributed by atoms with Crippen molar-refractivity contribution >= 4 is 33.9 Å². The van der Waals surface area contributed by atoms with Gasteiger partial charge in [0, 0.05) is 31.3 Å². The lowest BCUT2D eigenvalue weighted by molar-refractivity contribution is -0.132. The lowest BCUT2D eigenvalue weighted by Gasteiger charge is -2.32. The van der Waals surface area contributed by atoms with Crippen LogP contribution < -0.4 is 0 Å².